The van der Waals surface area contributed by atoms with Crippen LogP contribution in [0.3, 0.4) is 0 Å². The molecule has 2 unspecified atom stereocenters. The molecule has 23 heavy (non-hydrogen) atoms. The third-order valence-corrected chi connectivity index (χ3v) is 4.49. The van der Waals surface area contributed by atoms with E-state index < -0.39 is 5.60 Å². The Morgan fingerprint density at radius 2 is 2.00 bits per heavy atom. The fraction of sp³-hybridized carbons (Fsp3) is 0.421. The van der Waals surface area contributed by atoms with Gasteiger partial charge in [0, 0.05) is 6.04 Å². The lowest BCUT2D eigenvalue weighted by Crippen LogP contribution is -2.39. The molecule has 1 aliphatic carbocycles. The van der Waals surface area contributed by atoms with E-state index in [1.807, 2.05) is 54.3 Å². The molecule has 0 aliphatic heterocycles. The second-order valence-corrected chi connectivity index (χ2v) is 6.54. The van der Waals surface area contributed by atoms with E-state index in [-0.39, 0.29) is 24.4 Å². The quantitative estimate of drug-likeness (QED) is 0.886. The summed E-state index contributed by atoms with van der Waals surface area (Å²) in [5.41, 5.74) is -0.413. The molecule has 122 valence electrons. The SMILES string of the molecule is CC(c1ccco1)N(C(=O)CC(C)(O)c1ccccc1)C1CC1. The number of amides is 1. The molecule has 3 rings (SSSR count). The molecule has 0 spiro atoms. The van der Waals surface area contributed by atoms with Crippen molar-refractivity contribution in [2.75, 3.05) is 0 Å². The van der Waals surface area contributed by atoms with Gasteiger partial charge in [-0.2, -0.15) is 0 Å². The fourth-order valence-corrected chi connectivity index (χ4v) is 3.04. The van der Waals surface area contributed by atoms with E-state index in [0.717, 1.165) is 24.2 Å². The highest BCUT2D eigenvalue weighted by Gasteiger charge is 2.39. The largest absolute Gasteiger partial charge is 0.467 e. The van der Waals surface area contributed by atoms with Crippen molar-refractivity contribution >= 4 is 5.91 Å². The summed E-state index contributed by atoms with van der Waals surface area (Å²) in [5, 5.41) is 10.7. The minimum absolute atomic E-state index is 0.0368. The van der Waals surface area contributed by atoms with Crippen molar-refractivity contribution in [2.24, 2.45) is 0 Å². The Labute approximate surface area is 136 Å². The highest BCUT2D eigenvalue weighted by Crippen LogP contribution is 2.37. The second kappa shape index (κ2) is 6.20. The summed E-state index contributed by atoms with van der Waals surface area (Å²) in [6, 6.07) is 13.2. The van der Waals surface area contributed by atoms with Crippen LogP contribution < -0.4 is 0 Å². The van der Waals surface area contributed by atoms with E-state index in [9.17, 15) is 9.90 Å². The molecule has 0 saturated heterocycles. The molecule has 4 heteroatoms. The number of benzene rings is 1. The van der Waals surface area contributed by atoms with E-state index in [0.29, 0.717) is 0 Å². The zero-order valence-corrected chi connectivity index (χ0v) is 13.6. The third kappa shape index (κ3) is 3.48. The molecule has 0 radical (unpaired) electrons. The Kier molecular flexibility index (Phi) is 4.26. The summed E-state index contributed by atoms with van der Waals surface area (Å²) < 4.78 is 5.46. The van der Waals surface area contributed by atoms with Gasteiger partial charge in [-0.1, -0.05) is 30.3 Å². The number of aliphatic hydroxyl groups is 1. The van der Waals surface area contributed by atoms with Crippen LogP contribution >= 0.6 is 0 Å². The van der Waals surface area contributed by atoms with Crippen molar-refractivity contribution in [3.63, 3.8) is 0 Å². The molecule has 1 amide bonds. The Hall–Kier alpha value is -2.07. The molecule has 4 nitrogen and oxygen atoms in total. The topological polar surface area (TPSA) is 53.7 Å². The molecular formula is C19H23NO3. The first-order valence-corrected chi connectivity index (χ1v) is 8.11. The average molecular weight is 313 g/mol. The van der Waals surface area contributed by atoms with Crippen LogP contribution in [0.25, 0.3) is 0 Å². The Morgan fingerprint density at radius 1 is 1.30 bits per heavy atom. The maximum absolute atomic E-state index is 12.9. The predicted molar refractivity (Wildman–Crippen MR) is 87.6 cm³/mol. The molecule has 1 aromatic heterocycles. The van der Waals surface area contributed by atoms with Crippen LogP contribution in [0.15, 0.2) is 53.1 Å². The number of rotatable bonds is 6. The van der Waals surface area contributed by atoms with Crippen LogP contribution in [-0.2, 0) is 10.4 Å². The summed E-state index contributed by atoms with van der Waals surface area (Å²) in [6.07, 6.45) is 3.73. The van der Waals surface area contributed by atoms with Crippen molar-refractivity contribution in [2.45, 2.75) is 50.8 Å². The molecule has 1 aromatic carbocycles. The normalized spacial score (nSPS) is 18.2. The van der Waals surface area contributed by atoms with Crippen molar-refractivity contribution in [3.8, 4) is 0 Å². The Bertz CT molecular complexity index is 645. The number of nitrogens with zero attached hydrogens (tertiary/aromatic N) is 1. The highest BCUT2D eigenvalue weighted by atomic mass is 16.3. The maximum Gasteiger partial charge on any atom is 0.226 e. The summed E-state index contributed by atoms with van der Waals surface area (Å²) >= 11 is 0. The second-order valence-electron chi connectivity index (χ2n) is 6.54. The Morgan fingerprint density at radius 3 is 2.57 bits per heavy atom. The van der Waals surface area contributed by atoms with Gasteiger partial charge in [-0.05, 0) is 44.4 Å². The molecule has 2 atom stereocenters. The number of furan rings is 1. The lowest BCUT2D eigenvalue weighted by atomic mass is 9.91. The molecule has 1 fully saturated rings. The molecule has 2 aromatic rings. The minimum Gasteiger partial charge on any atom is -0.467 e. The summed E-state index contributed by atoms with van der Waals surface area (Å²) in [5.74, 6) is 0.745. The zero-order valence-electron chi connectivity index (χ0n) is 13.6. The molecule has 1 saturated carbocycles. The van der Waals surface area contributed by atoms with Gasteiger partial charge in [0.05, 0.1) is 24.3 Å². The van der Waals surface area contributed by atoms with Gasteiger partial charge >= 0.3 is 0 Å². The highest BCUT2D eigenvalue weighted by molar-refractivity contribution is 5.78. The van der Waals surface area contributed by atoms with E-state index in [4.69, 9.17) is 4.42 Å². The van der Waals surface area contributed by atoms with E-state index in [1.165, 1.54) is 0 Å². The van der Waals surface area contributed by atoms with Gasteiger partial charge < -0.3 is 14.4 Å². The molecular weight excluding hydrogens is 290 g/mol. The van der Waals surface area contributed by atoms with E-state index in [2.05, 4.69) is 0 Å². The van der Waals surface area contributed by atoms with Gasteiger partial charge in [0.2, 0.25) is 5.91 Å². The van der Waals surface area contributed by atoms with Gasteiger partial charge in [-0.25, -0.2) is 0 Å². The summed E-state index contributed by atoms with van der Waals surface area (Å²) in [7, 11) is 0. The van der Waals surface area contributed by atoms with Gasteiger partial charge in [0.15, 0.2) is 0 Å². The first-order chi connectivity index (χ1) is 11.0. The van der Waals surface area contributed by atoms with Crippen molar-refractivity contribution in [3.05, 3.63) is 60.1 Å². The standard InChI is InChI=1S/C19H23NO3/c1-14(17-9-6-12-23-17)20(16-10-11-16)18(21)13-19(2,22)15-7-4-3-5-8-15/h3-9,12,14,16,22H,10-11,13H2,1-2H3. The van der Waals surface area contributed by atoms with Crippen molar-refractivity contribution < 1.29 is 14.3 Å². The van der Waals surface area contributed by atoms with Crippen LogP contribution in [0, 0.1) is 0 Å². The average Bonchev–Trinajstić information content (AvgIpc) is 3.19. The third-order valence-electron chi connectivity index (χ3n) is 4.49. The van der Waals surface area contributed by atoms with Crippen LogP contribution in [-0.4, -0.2) is 22.0 Å². The van der Waals surface area contributed by atoms with Crippen molar-refractivity contribution in [1.29, 1.82) is 0 Å². The zero-order chi connectivity index (χ0) is 16.4. The van der Waals surface area contributed by atoms with Gasteiger partial charge in [-0.3, -0.25) is 4.79 Å². The van der Waals surface area contributed by atoms with E-state index in [1.54, 1.807) is 13.2 Å². The monoisotopic (exact) mass is 313 g/mol. The van der Waals surface area contributed by atoms with Crippen LogP contribution in [0.4, 0.5) is 0 Å². The molecule has 0 bridgehead atoms. The van der Waals surface area contributed by atoms with Crippen molar-refractivity contribution in [1.82, 2.24) is 4.90 Å². The first kappa shape index (κ1) is 15.8. The van der Waals surface area contributed by atoms with Gasteiger partial charge in [-0.15, -0.1) is 0 Å². The number of hydrogen-bond acceptors (Lipinski definition) is 3. The maximum atomic E-state index is 12.9. The number of hydrogen-bond donors (Lipinski definition) is 1. The lowest BCUT2D eigenvalue weighted by Gasteiger charge is -2.32. The fourth-order valence-electron chi connectivity index (χ4n) is 3.04. The number of carbonyl (C=O) groups is 1. The summed E-state index contributed by atoms with van der Waals surface area (Å²) in [4.78, 5) is 14.7. The van der Waals surface area contributed by atoms with Gasteiger partial charge in [0.25, 0.3) is 0 Å². The molecule has 1 heterocycles. The first-order valence-electron chi connectivity index (χ1n) is 8.11. The minimum atomic E-state index is -1.17. The summed E-state index contributed by atoms with van der Waals surface area (Å²) in [6.45, 7) is 3.68. The smallest absolute Gasteiger partial charge is 0.226 e. The lowest BCUT2D eigenvalue weighted by molar-refractivity contribution is -0.139. The number of carbonyl (C=O) groups excluding carboxylic acids is 1. The Balaban J connectivity index is 1.77. The van der Waals surface area contributed by atoms with Crippen LogP contribution in [0.1, 0.15) is 50.5 Å². The predicted octanol–water partition coefficient (Wildman–Crippen LogP) is 3.63. The van der Waals surface area contributed by atoms with Gasteiger partial charge in [0.1, 0.15) is 5.76 Å². The van der Waals surface area contributed by atoms with Crippen LogP contribution in [0.5, 0.6) is 0 Å². The molecule has 1 aliphatic rings. The van der Waals surface area contributed by atoms with Crippen LogP contribution in [0.2, 0.25) is 0 Å². The van der Waals surface area contributed by atoms with E-state index >= 15 is 0 Å². The molecule has 1 N–H and O–H groups in total.